The van der Waals surface area contributed by atoms with Gasteiger partial charge in [0.25, 0.3) is 0 Å². The van der Waals surface area contributed by atoms with Crippen LogP contribution in [0.1, 0.15) is 62.3 Å². The Labute approximate surface area is 174 Å². The SMILES string of the molecule is CC1C(C)C(C)C(C)C1C.CN(CC(C)(C)O)CC(C)(C)O.[CH3-].[Cl][Ti+]. The first kappa shape index (κ1) is 30.6. The maximum absolute atomic E-state index is 9.46. The van der Waals surface area contributed by atoms with E-state index in [9.17, 15) is 10.2 Å². The predicted molar refractivity (Wildman–Crippen MR) is 108 cm³/mol. The molecular weight excluding hydrogens is 370 g/mol. The molecule has 0 bridgehead atoms. The van der Waals surface area contributed by atoms with E-state index in [0.29, 0.717) is 13.1 Å². The minimum absolute atomic E-state index is 0. The van der Waals surface area contributed by atoms with E-state index < -0.39 is 11.2 Å². The predicted octanol–water partition coefficient (Wildman–Crippen LogP) is 4.78. The zero-order chi connectivity index (χ0) is 19.9. The van der Waals surface area contributed by atoms with Crippen molar-refractivity contribution in [3.05, 3.63) is 7.43 Å². The molecule has 1 aliphatic rings. The summed E-state index contributed by atoms with van der Waals surface area (Å²) < 4.78 is 0. The summed E-state index contributed by atoms with van der Waals surface area (Å²) in [7, 11) is 6.52. The first-order chi connectivity index (χ1) is 10.7. The minimum atomic E-state index is -0.694. The molecule has 0 aromatic heterocycles. The summed E-state index contributed by atoms with van der Waals surface area (Å²) in [6.45, 7) is 20.2. The van der Waals surface area contributed by atoms with Crippen LogP contribution in [-0.2, 0) is 19.4 Å². The van der Waals surface area contributed by atoms with Crippen molar-refractivity contribution in [1.82, 2.24) is 4.90 Å². The van der Waals surface area contributed by atoms with Crippen LogP contribution in [0.3, 0.4) is 0 Å². The molecule has 0 aromatic rings. The standard InChI is InChI=1S/C10H20.C9H21NO2.CH3.ClH.Ti/c1-6-7(2)9(4)10(5)8(6)3;1-8(2,11)6-10(5)7-9(3,4)12;;;/h6-10H,1-5H3;11-12H,6-7H2,1-5H3;1H3;1H;/q;;-1;;+2/p-1. The van der Waals surface area contributed by atoms with Crippen LogP contribution >= 0.6 is 9.30 Å². The molecule has 0 aliphatic heterocycles. The van der Waals surface area contributed by atoms with Gasteiger partial charge in [-0.25, -0.2) is 0 Å². The third-order valence-electron chi connectivity index (χ3n) is 5.46. The summed E-state index contributed by atoms with van der Waals surface area (Å²) in [5.74, 6) is 4.68. The molecule has 25 heavy (non-hydrogen) atoms. The summed E-state index contributed by atoms with van der Waals surface area (Å²) in [6.07, 6.45) is 0. The average molecular weight is 414 g/mol. The number of aliphatic hydroxyl groups is 2. The zero-order valence-corrected chi connectivity index (χ0v) is 20.8. The Balaban J connectivity index is -0.000000342. The normalized spacial score (nSPS) is 29.1. The van der Waals surface area contributed by atoms with Crippen LogP contribution in [0, 0.1) is 37.0 Å². The third-order valence-corrected chi connectivity index (χ3v) is 5.46. The van der Waals surface area contributed by atoms with Crippen LogP contribution in [0.4, 0.5) is 0 Å². The molecule has 1 fully saturated rings. The summed E-state index contributed by atoms with van der Waals surface area (Å²) >= 11 is 1.47. The molecule has 5 heteroatoms. The second-order valence-corrected chi connectivity index (χ2v) is 9.09. The zero-order valence-electron chi connectivity index (χ0n) is 18.5. The fourth-order valence-electron chi connectivity index (χ4n) is 3.77. The van der Waals surface area contributed by atoms with Crippen LogP contribution < -0.4 is 0 Å². The van der Waals surface area contributed by atoms with Crippen molar-refractivity contribution in [2.24, 2.45) is 29.6 Å². The molecule has 1 saturated carbocycles. The van der Waals surface area contributed by atoms with Gasteiger partial charge in [0.05, 0.1) is 11.2 Å². The molecule has 0 radical (unpaired) electrons. The Bertz CT molecular complexity index is 268. The second kappa shape index (κ2) is 13.1. The molecule has 0 saturated heterocycles. The summed E-state index contributed by atoms with van der Waals surface area (Å²) in [4.78, 5) is 1.92. The van der Waals surface area contributed by atoms with Crippen LogP contribution in [0.15, 0.2) is 0 Å². The van der Waals surface area contributed by atoms with E-state index in [1.54, 1.807) is 27.7 Å². The number of likely N-dealkylation sites (N-methyl/N-ethyl adjacent to an activating group) is 1. The monoisotopic (exact) mass is 413 g/mol. The topological polar surface area (TPSA) is 43.7 Å². The molecule has 152 valence electrons. The Morgan fingerprint density at radius 2 is 0.880 bits per heavy atom. The van der Waals surface area contributed by atoms with Gasteiger partial charge in [0.15, 0.2) is 0 Å². The van der Waals surface area contributed by atoms with Crippen LogP contribution in [0.5, 0.6) is 0 Å². The van der Waals surface area contributed by atoms with Crippen LogP contribution in [-0.4, -0.2) is 46.5 Å². The Morgan fingerprint density at radius 1 is 0.720 bits per heavy atom. The van der Waals surface area contributed by atoms with Crippen molar-refractivity contribution in [1.29, 1.82) is 0 Å². The van der Waals surface area contributed by atoms with E-state index >= 15 is 0 Å². The van der Waals surface area contributed by atoms with Crippen molar-refractivity contribution in [2.45, 2.75) is 73.5 Å². The van der Waals surface area contributed by atoms with Crippen molar-refractivity contribution in [2.75, 3.05) is 20.1 Å². The molecule has 0 heterocycles. The second-order valence-electron chi connectivity index (χ2n) is 9.09. The Morgan fingerprint density at radius 3 is 1.00 bits per heavy atom. The third kappa shape index (κ3) is 13.7. The molecular formula is C20H44ClNO2Ti. The van der Waals surface area contributed by atoms with E-state index in [1.807, 2.05) is 11.9 Å². The van der Waals surface area contributed by atoms with Crippen LogP contribution in [0.2, 0.25) is 0 Å². The number of hydrogen-bond acceptors (Lipinski definition) is 3. The van der Waals surface area contributed by atoms with Gasteiger partial charge in [-0.05, 0) is 64.3 Å². The molecule has 0 unspecified atom stereocenters. The quantitative estimate of drug-likeness (QED) is 0.515. The molecule has 0 atom stereocenters. The Kier molecular flexibility index (Phi) is 16.1. The van der Waals surface area contributed by atoms with E-state index in [-0.39, 0.29) is 7.43 Å². The van der Waals surface area contributed by atoms with E-state index in [0.717, 1.165) is 29.6 Å². The van der Waals surface area contributed by atoms with Gasteiger partial charge >= 0.3 is 28.7 Å². The molecule has 0 amide bonds. The van der Waals surface area contributed by atoms with Gasteiger partial charge in [0.2, 0.25) is 0 Å². The van der Waals surface area contributed by atoms with Gasteiger partial charge in [-0.15, -0.1) is 0 Å². The maximum atomic E-state index is 9.46. The van der Waals surface area contributed by atoms with Crippen molar-refractivity contribution in [3.8, 4) is 0 Å². The van der Waals surface area contributed by atoms with Crippen molar-refractivity contribution in [3.63, 3.8) is 0 Å². The number of nitrogens with zero attached hydrogens (tertiary/aromatic N) is 1. The fourth-order valence-corrected chi connectivity index (χ4v) is 3.77. The first-order valence-electron chi connectivity index (χ1n) is 8.98. The van der Waals surface area contributed by atoms with Gasteiger partial charge in [-0.2, -0.15) is 0 Å². The molecule has 1 rings (SSSR count). The number of halogens is 1. The fraction of sp³-hybridized carbons (Fsp3) is 0.950. The average Bonchev–Trinajstić information content (AvgIpc) is 2.56. The summed E-state index contributed by atoms with van der Waals surface area (Å²) in [6, 6.07) is 0. The van der Waals surface area contributed by atoms with Gasteiger partial charge in [-0.1, -0.05) is 34.6 Å². The van der Waals surface area contributed by atoms with Gasteiger partial charge in [0, 0.05) is 13.1 Å². The molecule has 0 aromatic carbocycles. The molecule has 1 aliphatic carbocycles. The first-order valence-corrected chi connectivity index (χ1v) is 11.1. The van der Waals surface area contributed by atoms with Gasteiger partial charge < -0.3 is 22.5 Å². The summed E-state index contributed by atoms with van der Waals surface area (Å²) in [5, 5.41) is 18.9. The van der Waals surface area contributed by atoms with Crippen molar-refractivity contribution >= 4 is 9.30 Å². The number of rotatable bonds is 4. The van der Waals surface area contributed by atoms with Gasteiger partial charge in [-0.3, -0.25) is 0 Å². The number of hydrogen-bond donors (Lipinski definition) is 2. The van der Waals surface area contributed by atoms with E-state index in [2.05, 4.69) is 43.9 Å². The van der Waals surface area contributed by atoms with Gasteiger partial charge in [0.1, 0.15) is 0 Å². The van der Waals surface area contributed by atoms with E-state index in [4.69, 9.17) is 0 Å². The van der Waals surface area contributed by atoms with E-state index in [1.165, 1.54) is 19.4 Å². The van der Waals surface area contributed by atoms with Crippen LogP contribution in [0.25, 0.3) is 0 Å². The molecule has 2 N–H and O–H groups in total. The Hall–Kier alpha value is 0.884. The summed E-state index contributed by atoms with van der Waals surface area (Å²) in [5.41, 5.74) is -1.39. The molecule has 3 nitrogen and oxygen atoms in total. The molecule has 0 spiro atoms. The van der Waals surface area contributed by atoms with Crippen molar-refractivity contribution < 1.29 is 29.6 Å².